The number of unbranched alkanes of at least 4 members (excludes halogenated alkanes) is 8. The van der Waals surface area contributed by atoms with Gasteiger partial charge in [-0.3, -0.25) is 14.5 Å². The number of aliphatic hydroxyl groups is 1. The van der Waals surface area contributed by atoms with Crippen LogP contribution in [0.15, 0.2) is 0 Å². The number of carboxylic acid groups (broad SMARTS) is 2. The van der Waals surface area contributed by atoms with E-state index in [0.29, 0.717) is 6.42 Å². The molecule has 2 N–H and O–H groups in total. The molecule has 0 heterocycles. The number of carbonyl (C=O) groups is 3. The SMILES string of the molecule is CCCCCCCCCCCC(=O)N(CCO)CCN(CC(=O)[O-])CC(=O)O.[Na+]. The maximum Gasteiger partial charge on any atom is 1.00 e. The third-order valence-electron chi connectivity index (χ3n) is 4.61. The van der Waals surface area contributed by atoms with Gasteiger partial charge in [0.25, 0.3) is 0 Å². The maximum atomic E-state index is 12.3. The molecule has 0 aromatic carbocycles. The first-order valence-corrected chi connectivity index (χ1v) is 10.4. The number of rotatable bonds is 19. The van der Waals surface area contributed by atoms with Crippen molar-refractivity contribution in [1.29, 1.82) is 0 Å². The van der Waals surface area contributed by atoms with E-state index in [2.05, 4.69) is 6.92 Å². The minimum atomic E-state index is -1.36. The van der Waals surface area contributed by atoms with Crippen molar-refractivity contribution in [2.45, 2.75) is 71.1 Å². The van der Waals surface area contributed by atoms with Gasteiger partial charge in [-0.25, -0.2) is 0 Å². The van der Waals surface area contributed by atoms with Crippen LogP contribution in [0.2, 0.25) is 0 Å². The Kier molecular flexibility index (Phi) is 21.7. The first kappa shape index (κ1) is 30.5. The zero-order chi connectivity index (χ0) is 21.2. The van der Waals surface area contributed by atoms with E-state index in [4.69, 9.17) is 10.2 Å². The quantitative estimate of drug-likeness (QED) is 0.179. The predicted molar refractivity (Wildman–Crippen MR) is 105 cm³/mol. The predicted octanol–water partition coefficient (Wildman–Crippen LogP) is -2.13. The van der Waals surface area contributed by atoms with Gasteiger partial charge in [-0.1, -0.05) is 58.3 Å². The van der Waals surface area contributed by atoms with Gasteiger partial charge in [0, 0.05) is 32.6 Å². The Balaban J connectivity index is 0. The summed E-state index contributed by atoms with van der Waals surface area (Å²) in [5, 5.41) is 28.7. The molecular weight excluding hydrogens is 387 g/mol. The van der Waals surface area contributed by atoms with E-state index in [-0.39, 0.29) is 61.7 Å². The summed E-state index contributed by atoms with van der Waals surface area (Å²) < 4.78 is 0. The van der Waals surface area contributed by atoms with Gasteiger partial charge in [0.15, 0.2) is 0 Å². The van der Waals surface area contributed by atoms with Crippen molar-refractivity contribution >= 4 is 17.8 Å². The fourth-order valence-corrected chi connectivity index (χ4v) is 3.08. The van der Waals surface area contributed by atoms with Gasteiger partial charge in [0.1, 0.15) is 0 Å². The van der Waals surface area contributed by atoms with Gasteiger partial charge in [0.2, 0.25) is 5.91 Å². The van der Waals surface area contributed by atoms with Crippen molar-refractivity contribution < 1.29 is 59.3 Å². The Morgan fingerprint density at radius 3 is 1.86 bits per heavy atom. The summed E-state index contributed by atoms with van der Waals surface area (Å²) in [4.78, 5) is 36.6. The van der Waals surface area contributed by atoms with Crippen LogP contribution in [0.25, 0.3) is 0 Å². The molecule has 164 valence electrons. The second-order valence-corrected chi connectivity index (χ2v) is 7.16. The maximum absolute atomic E-state index is 12.3. The summed E-state index contributed by atoms with van der Waals surface area (Å²) in [7, 11) is 0. The van der Waals surface area contributed by atoms with Crippen LogP contribution in [-0.2, 0) is 14.4 Å². The van der Waals surface area contributed by atoms with Crippen LogP contribution >= 0.6 is 0 Å². The van der Waals surface area contributed by atoms with Crippen LogP contribution in [-0.4, -0.2) is 77.2 Å². The van der Waals surface area contributed by atoms with E-state index < -0.39 is 25.0 Å². The minimum Gasteiger partial charge on any atom is -0.549 e. The number of hydrogen-bond donors (Lipinski definition) is 2. The van der Waals surface area contributed by atoms with Crippen LogP contribution in [0, 0.1) is 0 Å². The smallest absolute Gasteiger partial charge is 0.549 e. The molecule has 0 aliphatic rings. The molecule has 0 saturated heterocycles. The molecule has 0 radical (unpaired) electrons. The van der Waals surface area contributed by atoms with Gasteiger partial charge in [-0.2, -0.15) is 0 Å². The number of carbonyl (C=O) groups excluding carboxylic acids is 2. The first-order chi connectivity index (χ1) is 13.4. The molecule has 0 aliphatic carbocycles. The molecule has 0 atom stereocenters. The van der Waals surface area contributed by atoms with E-state index in [0.717, 1.165) is 19.3 Å². The summed E-state index contributed by atoms with van der Waals surface area (Å²) in [6.45, 7) is 1.50. The van der Waals surface area contributed by atoms with E-state index in [9.17, 15) is 19.5 Å². The Bertz CT molecular complexity index is 435. The summed E-state index contributed by atoms with van der Waals surface area (Å²) in [6.07, 6.45) is 10.8. The summed E-state index contributed by atoms with van der Waals surface area (Å²) in [5.41, 5.74) is 0. The average Bonchev–Trinajstić information content (AvgIpc) is 2.62. The van der Waals surface area contributed by atoms with Crippen LogP contribution < -0.4 is 34.7 Å². The van der Waals surface area contributed by atoms with Crippen LogP contribution in [0.1, 0.15) is 71.1 Å². The third kappa shape index (κ3) is 19.1. The Labute approximate surface area is 196 Å². The van der Waals surface area contributed by atoms with Crippen molar-refractivity contribution in [3.05, 3.63) is 0 Å². The van der Waals surface area contributed by atoms with Crippen molar-refractivity contribution in [2.75, 3.05) is 39.3 Å². The fraction of sp³-hybridized carbons (Fsp3) is 0.850. The number of carboxylic acids is 2. The number of aliphatic carboxylic acids is 2. The number of nitrogens with zero attached hydrogens (tertiary/aromatic N) is 2. The molecule has 0 spiro atoms. The Hall–Kier alpha value is -0.670. The van der Waals surface area contributed by atoms with Crippen molar-refractivity contribution in [3.8, 4) is 0 Å². The summed E-state index contributed by atoms with van der Waals surface area (Å²) >= 11 is 0. The number of aliphatic hydroxyl groups excluding tert-OH is 1. The Morgan fingerprint density at radius 1 is 0.828 bits per heavy atom. The Morgan fingerprint density at radius 2 is 1.38 bits per heavy atom. The standard InChI is InChI=1S/C20H38N2O6.Na/c1-2-3-4-5-6-7-8-9-10-11-18(24)22(14-15-23)13-12-21(16-19(25)26)17-20(27)28;/h23H,2-17H2,1H3,(H,25,26)(H,27,28);/q;+1/p-1. The van der Waals surface area contributed by atoms with E-state index in [1.165, 1.54) is 48.3 Å². The van der Waals surface area contributed by atoms with E-state index in [1.807, 2.05) is 0 Å². The molecule has 1 amide bonds. The second kappa shape index (κ2) is 20.6. The van der Waals surface area contributed by atoms with Crippen LogP contribution in [0.3, 0.4) is 0 Å². The molecule has 0 aromatic heterocycles. The van der Waals surface area contributed by atoms with Crippen molar-refractivity contribution in [2.24, 2.45) is 0 Å². The van der Waals surface area contributed by atoms with Gasteiger partial charge in [-0.15, -0.1) is 0 Å². The molecule has 0 fully saturated rings. The molecular formula is C20H37N2NaO6. The number of hydrogen-bond acceptors (Lipinski definition) is 6. The molecule has 0 saturated carbocycles. The fourth-order valence-electron chi connectivity index (χ4n) is 3.08. The summed E-state index contributed by atoms with van der Waals surface area (Å²) in [5.74, 6) is -2.60. The van der Waals surface area contributed by atoms with Gasteiger partial charge in [-0.05, 0) is 6.42 Å². The molecule has 0 rings (SSSR count). The van der Waals surface area contributed by atoms with Gasteiger partial charge in [0.05, 0.1) is 19.1 Å². The van der Waals surface area contributed by atoms with Crippen molar-refractivity contribution in [1.82, 2.24) is 9.80 Å². The van der Waals surface area contributed by atoms with Crippen molar-refractivity contribution in [3.63, 3.8) is 0 Å². The van der Waals surface area contributed by atoms with Gasteiger partial charge < -0.3 is 25.0 Å². The molecule has 29 heavy (non-hydrogen) atoms. The zero-order valence-electron chi connectivity index (χ0n) is 18.2. The van der Waals surface area contributed by atoms with E-state index >= 15 is 0 Å². The monoisotopic (exact) mass is 424 g/mol. The minimum absolute atomic E-state index is 0. The third-order valence-corrected chi connectivity index (χ3v) is 4.61. The summed E-state index contributed by atoms with van der Waals surface area (Å²) in [6, 6.07) is 0. The molecule has 8 nitrogen and oxygen atoms in total. The topological polar surface area (TPSA) is 121 Å². The number of amides is 1. The van der Waals surface area contributed by atoms with Crippen LogP contribution in [0.5, 0.6) is 0 Å². The molecule has 0 bridgehead atoms. The largest absolute Gasteiger partial charge is 1.00 e. The van der Waals surface area contributed by atoms with Crippen LogP contribution in [0.4, 0.5) is 0 Å². The second-order valence-electron chi connectivity index (χ2n) is 7.16. The normalized spacial score (nSPS) is 10.6. The first-order valence-electron chi connectivity index (χ1n) is 10.4. The molecule has 0 unspecified atom stereocenters. The average molecular weight is 425 g/mol. The molecule has 0 aromatic rings. The van der Waals surface area contributed by atoms with Gasteiger partial charge >= 0.3 is 35.5 Å². The molecule has 0 aliphatic heterocycles. The zero-order valence-corrected chi connectivity index (χ0v) is 20.2. The molecule has 9 heteroatoms. The van der Waals surface area contributed by atoms with E-state index in [1.54, 1.807) is 0 Å².